The van der Waals surface area contributed by atoms with E-state index in [1.54, 1.807) is 0 Å². The number of hydrogen-bond donors (Lipinski definition) is 0. The molecule has 3 heteroatoms. The summed E-state index contributed by atoms with van der Waals surface area (Å²) in [6.45, 7) is 4.58. The van der Waals surface area contributed by atoms with Crippen molar-refractivity contribution in [2.24, 2.45) is 0 Å². The van der Waals surface area contributed by atoms with Gasteiger partial charge in [0.2, 0.25) is 0 Å². The molecule has 0 bridgehead atoms. The summed E-state index contributed by atoms with van der Waals surface area (Å²) >= 11 is 0. The fourth-order valence-electron chi connectivity index (χ4n) is 6.01. The zero-order chi connectivity index (χ0) is 27.8. The molecular weight excluding hydrogens is 497 g/mol. The van der Waals surface area contributed by atoms with Crippen LogP contribution in [0.1, 0.15) is 42.9 Å². The first-order valence-corrected chi connectivity index (χ1v) is 14.2. The van der Waals surface area contributed by atoms with E-state index < -0.39 is 0 Å². The SMILES string of the molecule is C/C(=C\C=C1\C=CC2=C(B=C(c3ccccc3)CC2)C1)c1ccc2oc3cccc(-c4ccc(C#N)cc4)c3c2c1. The number of fused-ring (bicyclic) bond motifs is 3. The fourth-order valence-corrected chi connectivity index (χ4v) is 6.01. The number of nitriles is 1. The Balaban J connectivity index is 1.19. The molecule has 0 amide bonds. The van der Waals surface area contributed by atoms with Crippen molar-refractivity contribution >= 4 is 39.9 Å². The molecule has 0 spiro atoms. The van der Waals surface area contributed by atoms with Gasteiger partial charge in [-0.15, -0.1) is 0 Å². The van der Waals surface area contributed by atoms with Crippen molar-refractivity contribution < 1.29 is 4.42 Å². The molecule has 0 radical (unpaired) electrons. The number of hydrogen-bond acceptors (Lipinski definition) is 2. The Kier molecular flexibility index (Phi) is 6.46. The molecule has 1 aromatic heterocycles. The van der Waals surface area contributed by atoms with Crippen LogP contribution < -0.4 is 0 Å². The molecule has 5 aromatic rings. The zero-order valence-electron chi connectivity index (χ0n) is 23.0. The van der Waals surface area contributed by atoms with Crippen LogP contribution in [-0.4, -0.2) is 12.4 Å². The molecule has 0 fully saturated rings. The van der Waals surface area contributed by atoms with E-state index in [0.717, 1.165) is 52.3 Å². The van der Waals surface area contributed by atoms with Gasteiger partial charge in [-0.3, -0.25) is 0 Å². The number of rotatable bonds is 4. The third kappa shape index (κ3) is 4.83. The predicted octanol–water partition coefficient (Wildman–Crippen LogP) is 9.39. The van der Waals surface area contributed by atoms with Crippen LogP contribution in [0.15, 0.2) is 136 Å². The summed E-state index contributed by atoms with van der Waals surface area (Å²) < 4.78 is 6.24. The Morgan fingerprint density at radius 3 is 2.54 bits per heavy atom. The van der Waals surface area contributed by atoms with E-state index in [1.807, 2.05) is 36.4 Å². The van der Waals surface area contributed by atoms with Gasteiger partial charge >= 0.3 is 194 Å². The van der Waals surface area contributed by atoms with Crippen molar-refractivity contribution in [3.63, 3.8) is 0 Å². The normalized spacial score (nSPS) is 16.0. The van der Waals surface area contributed by atoms with Gasteiger partial charge in [-0.1, -0.05) is 18.2 Å². The van der Waals surface area contributed by atoms with Gasteiger partial charge in [0.15, 0.2) is 0 Å². The van der Waals surface area contributed by atoms with E-state index in [-0.39, 0.29) is 0 Å². The second-order valence-corrected chi connectivity index (χ2v) is 10.9. The Hall–Kier alpha value is -4.94. The summed E-state index contributed by atoms with van der Waals surface area (Å²) in [5.74, 6) is 0. The molecule has 2 aliphatic rings. The van der Waals surface area contributed by atoms with Gasteiger partial charge < -0.3 is 0 Å². The summed E-state index contributed by atoms with van der Waals surface area (Å²) in [6.07, 6.45) is 12.3. The summed E-state index contributed by atoms with van der Waals surface area (Å²) in [6, 6.07) is 33.4. The van der Waals surface area contributed by atoms with Crippen molar-refractivity contribution in [1.82, 2.24) is 0 Å². The van der Waals surface area contributed by atoms with Crippen molar-refractivity contribution in [3.05, 3.63) is 149 Å². The first kappa shape index (κ1) is 25.1. The van der Waals surface area contributed by atoms with Crippen LogP contribution in [0.4, 0.5) is 0 Å². The molecule has 7 rings (SSSR count). The van der Waals surface area contributed by atoms with Gasteiger partial charge in [-0.25, -0.2) is 0 Å². The zero-order valence-corrected chi connectivity index (χ0v) is 23.0. The van der Waals surface area contributed by atoms with Crippen LogP contribution in [0.25, 0.3) is 38.6 Å². The summed E-state index contributed by atoms with van der Waals surface area (Å²) in [7, 11) is 0. The van der Waals surface area contributed by atoms with Gasteiger partial charge in [0.25, 0.3) is 0 Å². The molecule has 1 aliphatic carbocycles. The molecule has 1 aliphatic heterocycles. The summed E-state index contributed by atoms with van der Waals surface area (Å²) in [5.41, 5.74) is 14.0. The van der Waals surface area contributed by atoms with Crippen molar-refractivity contribution in [2.45, 2.75) is 26.2 Å². The molecule has 194 valence electrons. The first-order valence-electron chi connectivity index (χ1n) is 14.2. The van der Waals surface area contributed by atoms with Crippen LogP contribution >= 0.6 is 0 Å². The average Bonchev–Trinajstić information content (AvgIpc) is 3.42. The number of benzene rings is 4. The number of furan rings is 1. The van der Waals surface area contributed by atoms with E-state index in [2.05, 4.69) is 98.8 Å². The first-order chi connectivity index (χ1) is 20.2. The second kappa shape index (κ2) is 10.6. The van der Waals surface area contributed by atoms with Crippen molar-refractivity contribution in [1.29, 1.82) is 5.26 Å². The maximum absolute atomic E-state index is 9.21. The van der Waals surface area contributed by atoms with Gasteiger partial charge in [-0.05, 0) is 12.1 Å². The molecule has 0 unspecified atom stereocenters. The molecule has 0 saturated carbocycles. The molecular formula is C38H28BNO. The molecule has 2 nitrogen and oxygen atoms in total. The van der Waals surface area contributed by atoms with Crippen LogP contribution in [0, 0.1) is 11.3 Å². The molecule has 2 heterocycles. The second-order valence-electron chi connectivity index (χ2n) is 10.9. The van der Waals surface area contributed by atoms with Crippen molar-refractivity contribution in [2.75, 3.05) is 0 Å². The molecule has 0 atom stereocenters. The van der Waals surface area contributed by atoms with Gasteiger partial charge in [-0.2, -0.15) is 5.26 Å². The minimum absolute atomic E-state index is 0.659. The van der Waals surface area contributed by atoms with E-state index in [4.69, 9.17) is 4.42 Å². The van der Waals surface area contributed by atoms with Gasteiger partial charge in [0.05, 0.1) is 11.6 Å². The Bertz CT molecular complexity index is 2010. The monoisotopic (exact) mass is 525 g/mol. The topological polar surface area (TPSA) is 36.9 Å². The Labute approximate surface area is 241 Å². The van der Waals surface area contributed by atoms with Crippen LogP contribution in [0.5, 0.6) is 0 Å². The summed E-state index contributed by atoms with van der Waals surface area (Å²) in [5, 5.41) is 11.4. The van der Waals surface area contributed by atoms with Gasteiger partial charge in [0, 0.05) is 0 Å². The molecule has 0 saturated heterocycles. The number of allylic oxidation sites excluding steroid dienone is 8. The molecule has 4 aromatic carbocycles. The molecule has 0 N–H and O–H groups in total. The predicted molar refractivity (Wildman–Crippen MR) is 172 cm³/mol. The minimum atomic E-state index is 0.659. The third-order valence-electron chi connectivity index (χ3n) is 8.29. The van der Waals surface area contributed by atoms with E-state index in [0.29, 0.717) is 5.56 Å². The standard InChI is InChI=1S/C38H28BNO/c1-25(10-11-26-12-17-30-18-20-34(39-35(30)22-26)29-6-3-2-4-7-29)31-19-21-36-33(23-31)38-32(8-5-9-37(38)41-36)28-15-13-27(24-40)14-16-28/h2-17,19,21,23H,18,20,22H2,1H3/b25-10+,26-11-. The van der Waals surface area contributed by atoms with Crippen LogP contribution in [0.3, 0.4) is 0 Å². The fraction of sp³-hybridized carbons (Fsp3) is 0.105. The Morgan fingerprint density at radius 1 is 0.854 bits per heavy atom. The average molecular weight is 525 g/mol. The third-order valence-corrected chi connectivity index (χ3v) is 8.29. The van der Waals surface area contributed by atoms with E-state index in [1.165, 1.54) is 38.8 Å². The molecule has 41 heavy (non-hydrogen) atoms. The Morgan fingerprint density at radius 2 is 1.71 bits per heavy atom. The van der Waals surface area contributed by atoms with Crippen LogP contribution in [0.2, 0.25) is 0 Å². The van der Waals surface area contributed by atoms with E-state index >= 15 is 0 Å². The van der Waals surface area contributed by atoms with Crippen molar-refractivity contribution in [3.8, 4) is 17.2 Å². The summed E-state index contributed by atoms with van der Waals surface area (Å²) in [4.78, 5) is 0. The van der Waals surface area contributed by atoms with Gasteiger partial charge in [0.1, 0.15) is 0 Å². The quantitative estimate of drug-likeness (QED) is 0.219. The maximum atomic E-state index is 9.21. The van der Waals surface area contributed by atoms with Crippen LogP contribution in [-0.2, 0) is 0 Å². The van der Waals surface area contributed by atoms with E-state index in [9.17, 15) is 5.26 Å². The number of nitrogens with zero attached hydrogens (tertiary/aromatic N) is 1.